The Morgan fingerprint density at radius 3 is 2.48 bits per heavy atom. The Labute approximate surface area is 138 Å². The molecule has 0 atom stereocenters. The fraction of sp³-hybridized carbons (Fsp3) is 0.529. The number of ether oxygens (including phenoxy) is 1. The molecule has 1 amide bonds. The molecule has 6 heteroatoms. The summed E-state index contributed by atoms with van der Waals surface area (Å²) in [6.45, 7) is 8.73. The second-order valence-electron chi connectivity index (χ2n) is 6.39. The fourth-order valence-electron chi connectivity index (χ4n) is 1.77. The van der Waals surface area contributed by atoms with E-state index in [1.54, 1.807) is 0 Å². The molecule has 0 spiro atoms. The minimum Gasteiger partial charge on any atom is -0.444 e. The fourth-order valence-corrected chi connectivity index (χ4v) is 1.77. The number of carbonyl (C=O) groups is 1. The van der Waals surface area contributed by atoms with Crippen molar-refractivity contribution in [2.75, 3.05) is 18.4 Å². The van der Waals surface area contributed by atoms with Crippen LogP contribution in [0.15, 0.2) is 29.3 Å². The number of hydrogen-bond donors (Lipinski definition) is 3. The highest BCUT2D eigenvalue weighted by atomic mass is 16.6. The highest BCUT2D eigenvalue weighted by Crippen LogP contribution is 2.08. The van der Waals surface area contributed by atoms with Crippen LogP contribution in [0.3, 0.4) is 0 Å². The van der Waals surface area contributed by atoms with E-state index < -0.39 is 5.60 Å². The van der Waals surface area contributed by atoms with Crippen LogP contribution in [0.4, 0.5) is 10.5 Å². The molecule has 1 rings (SSSR count). The van der Waals surface area contributed by atoms with Crippen molar-refractivity contribution < 1.29 is 9.53 Å². The van der Waals surface area contributed by atoms with Gasteiger partial charge in [-0.25, -0.2) is 4.79 Å². The molecule has 0 aromatic heterocycles. The Kier molecular flexibility index (Phi) is 7.38. The number of guanidine groups is 1. The van der Waals surface area contributed by atoms with Crippen LogP contribution in [-0.2, 0) is 4.74 Å². The molecule has 0 bridgehead atoms. The average molecular weight is 320 g/mol. The third kappa shape index (κ3) is 9.39. The standard InChI is InChI=1S/C17H28N4O2/c1-13-7-9-14(10-8-13)21-15(18)19-11-5-6-12-20-16(22)23-17(2,3)4/h7-10H,5-6,11-12H2,1-4H3,(H,20,22)(H3,18,19,21). The molecule has 0 heterocycles. The van der Waals surface area contributed by atoms with Crippen molar-refractivity contribution >= 4 is 17.7 Å². The van der Waals surface area contributed by atoms with E-state index in [1.807, 2.05) is 52.0 Å². The summed E-state index contributed by atoms with van der Waals surface area (Å²) in [4.78, 5) is 15.7. The van der Waals surface area contributed by atoms with Gasteiger partial charge in [0.1, 0.15) is 5.60 Å². The molecule has 1 aromatic carbocycles. The number of anilines is 1. The van der Waals surface area contributed by atoms with Crippen LogP contribution in [0.5, 0.6) is 0 Å². The van der Waals surface area contributed by atoms with E-state index in [-0.39, 0.29) is 6.09 Å². The van der Waals surface area contributed by atoms with Gasteiger partial charge in [-0.05, 0) is 52.7 Å². The van der Waals surface area contributed by atoms with Crippen LogP contribution in [0.1, 0.15) is 39.2 Å². The number of rotatable bonds is 6. The number of nitrogens with two attached hydrogens (primary N) is 1. The van der Waals surface area contributed by atoms with Crippen LogP contribution in [0, 0.1) is 6.92 Å². The number of alkyl carbamates (subject to hydrolysis) is 1. The Bertz CT molecular complexity index is 518. The summed E-state index contributed by atoms with van der Waals surface area (Å²) >= 11 is 0. The van der Waals surface area contributed by atoms with E-state index in [0.717, 1.165) is 18.5 Å². The van der Waals surface area contributed by atoms with Crippen molar-refractivity contribution in [1.82, 2.24) is 5.32 Å². The van der Waals surface area contributed by atoms with Gasteiger partial charge in [-0.15, -0.1) is 0 Å². The summed E-state index contributed by atoms with van der Waals surface area (Å²) in [6, 6.07) is 7.95. The SMILES string of the molecule is Cc1ccc(NC(N)=NCCCCNC(=O)OC(C)(C)C)cc1. The van der Waals surface area contributed by atoms with Crippen LogP contribution < -0.4 is 16.4 Å². The second-order valence-corrected chi connectivity index (χ2v) is 6.39. The molecule has 0 aliphatic carbocycles. The zero-order valence-electron chi connectivity index (χ0n) is 14.5. The lowest BCUT2D eigenvalue weighted by atomic mass is 10.2. The first-order chi connectivity index (χ1) is 10.8. The Balaban J connectivity index is 2.16. The van der Waals surface area contributed by atoms with Crippen molar-refractivity contribution in [2.24, 2.45) is 10.7 Å². The third-order valence-electron chi connectivity index (χ3n) is 2.86. The van der Waals surface area contributed by atoms with Crippen molar-refractivity contribution in [3.63, 3.8) is 0 Å². The van der Waals surface area contributed by atoms with Gasteiger partial charge in [-0.3, -0.25) is 4.99 Å². The van der Waals surface area contributed by atoms with Gasteiger partial charge >= 0.3 is 6.09 Å². The first-order valence-corrected chi connectivity index (χ1v) is 7.87. The van der Waals surface area contributed by atoms with Crippen LogP contribution in [0.25, 0.3) is 0 Å². The first-order valence-electron chi connectivity index (χ1n) is 7.87. The minimum absolute atomic E-state index is 0.387. The summed E-state index contributed by atoms with van der Waals surface area (Å²) in [5.41, 5.74) is 7.48. The second kappa shape index (κ2) is 9.02. The summed E-state index contributed by atoms with van der Waals surface area (Å²) in [5, 5.41) is 5.76. The smallest absolute Gasteiger partial charge is 0.407 e. The Hall–Kier alpha value is -2.24. The highest BCUT2D eigenvalue weighted by molar-refractivity contribution is 5.92. The topological polar surface area (TPSA) is 88.7 Å². The Morgan fingerprint density at radius 2 is 1.87 bits per heavy atom. The lowest BCUT2D eigenvalue weighted by Crippen LogP contribution is -2.33. The molecule has 6 nitrogen and oxygen atoms in total. The molecular weight excluding hydrogens is 292 g/mol. The molecule has 0 unspecified atom stereocenters. The van der Waals surface area contributed by atoms with Crippen LogP contribution in [-0.4, -0.2) is 30.7 Å². The number of hydrogen-bond acceptors (Lipinski definition) is 3. The van der Waals surface area contributed by atoms with Crippen molar-refractivity contribution in [3.05, 3.63) is 29.8 Å². The number of amides is 1. The summed E-state index contributed by atoms with van der Waals surface area (Å²) in [6.07, 6.45) is 1.27. The molecule has 128 valence electrons. The molecule has 0 aliphatic rings. The maximum atomic E-state index is 11.4. The highest BCUT2D eigenvalue weighted by Gasteiger charge is 2.15. The molecule has 0 radical (unpaired) electrons. The van der Waals surface area contributed by atoms with E-state index in [4.69, 9.17) is 10.5 Å². The Morgan fingerprint density at radius 1 is 1.22 bits per heavy atom. The molecule has 0 aliphatic heterocycles. The average Bonchev–Trinajstić information content (AvgIpc) is 2.43. The van der Waals surface area contributed by atoms with E-state index in [2.05, 4.69) is 15.6 Å². The maximum Gasteiger partial charge on any atom is 0.407 e. The molecule has 23 heavy (non-hydrogen) atoms. The lowest BCUT2D eigenvalue weighted by Gasteiger charge is -2.19. The van der Waals surface area contributed by atoms with Gasteiger partial charge in [0.2, 0.25) is 0 Å². The number of aryl methyl sites for hydroxylation is 1. The van der Waals surface area contributed by atoms with Gasteiger partial charge in [0.25, 0.3) is 0 Å². The molecule has 0 saturated carbocycles. The quantitative estimate of drug-likeness (QED) is 0.427. The van der Waals surface area contributed by atoms with Gasteiger partial charge in [-0.2, -0.15) is 0 Å². The van der Waals surface area contributed by atoms with Crippen molar-refractivity contribution in [3.8, 4) is 0 Å². The zero-order valence-corrected chi connectivity index (χ0v) is 14.5. The van der Waals surface area contributed by atoms with E-state index >= 15 is 0 Å². The monoisotopic (exact) mass is 320 g/mol. The summed E-state index contributed by atoms with van der Waals surface area (Å²) < 4.78 is 5.15. The number of nitrogens with zero attached hydrogens (tertiary/aromatic N) is 1. The molecule has 0 fully saturated rings. The van der Waals surface area contributed by atoms with Gasteiger partial charge in [0, 0.05) is 18.8 Å². The molecule has 4 N–H and O–H groups in total. The van der Waals surface area contributed by atoms with Gasteiger partial charge in [-0.1, -0.05) is 17.7 Å². The van der Waals surface area contributed by atoms with Gasteiger partial charge in [0.05, 0.1) is 0 Å². The predicted molar refractivity (Wildman–Crippen MR) is 94.8 cm³/mol. The molecule has 1 aromatic rings. The largest absolute Gasteiger partial charge is 0.444 e. The van der Waals surface area contributed by atoms with Gasteiger partial charge < -0.3 is 21.1 Å². The number of aliphatic imine (C=N–C) groups is 1. The summed E-state index contributed by atoms with van der Waals surface area (Å²) in [7, 11) is 0. The molecule has 0 saturated heterocycles. The van der Waals surface area contributed by atoms with Crippen LogP contribution in [0.2, 0.25) is 0 Å². The number of nitrogens with one attached hydrogen (secondary N) is 2. The maximum absolute atomic E-state index is 11.4. The predicted octanol–water partition coefficient (Wildman–Crippen LogP) is 3.03. The summed E-state index contributed by atoms with van der Waals surface area (Å²) in [5.74, 6) is 0.397. The zero-order chi connectivity index (χ0) is 17.3. The third-order valence-corrected chi connectivity index (χ3v) is 2.86. The van der Waals surface area contributed by atoms with Crippen LogP contribution >= 0.6 is 0 Å². The minimum atomic E-state index is -0.468. The number of benzene rings is 1. The van der Waals surface area contributed by atoms with E-state index in [0.29, 0.717) is 19.0 Å². The van der Waals surface area contributed by atoms with Crippen molar-refractivity contribution in [1.29, 1.82) is 0 Å². The van der Waals surface area contributed by atoms with Gasteiger partial charge in [0.15, 0.2) is 5.96 Å². The normalized spacial score (nSPS) is 11.9. The number of unbranched alkanes of at least 4 members (excludes halogenated alkanes) is 1. The van der Waals surface area contributed by atoms with Crippen molar-refractivity contribution in [2.45, 2.75) is 46.1 Å². The number of carbonyl (C=O) groups excluding carboxylic acids is 1. The molecular formula is C17H28N4O2. The van der Waals surface area contributed by atoms with E-state index in [9.17, 15) is 4.79 Å². The lowest BCUT2D eigenvalue weighted by molar-refractivity contribution is 0.0527. The first kappa shape index (κ1) is 18.8. The van der Waals surface area contributed by atoms with E-state index in [1.165, 1.54) is 5.56 Å².